The van der Waals surface area contributed by atoms with Crippen LogP contribution in [0.1, 0.15) is 5.56 Å². The topological polar surface area (TPSA) is 61.7 Å². The fourth-order valence-corrected chi connectivity index (χ4v) is 2.07. The van der Waals surface area contributed by atoms with Crippen LogP contribution in [0.2, 0.25) is 0 Å². The van der Waals surface area contributed by atoms with Gasteiger partial charge in [-0.05, 0) is 17.7 Å². The molecule has 0 saturated heterocycles. The summed E-state index contributed by atoms with van der Waals surface area (Å²) in [5.41, 5.74) is 3.10. The van der Waals surface area contributed by atoms with Gasteiger partial charge >= 0.3 is 7.12 Å². The van der Waals surface area contributed by atoms with E-state index in [1.165, 1.54) is 6.26 Å². The largest absolute Gasteiger partial charge is 0.492 e. The first-order valence-corrected chi connectivity index (χ1v) is 5.08. The lowest BCUT2D eigenvalue weighted by Gasteiger charge is -2.26. The normalized spacial score (nSPS) is 16.4. The van der Waals surface area contributed by atoms with Crippen LogP contribution >= 0.6 is 0 Å². The van der Waals surface area contributed by atoms with Crippen molar-refractivity contribution in [3.05, 3.63) is 41.6 Å². The molecule has 0 bridgehead atoms. The number of hydrogen-bond acceptors (Lipinski definition) is 4. The standard InChI is InChI=1S/C11H10BNO3/c14-12(15)8-6-16-10-3-1-2-9-11(10)7(8)4-5-13-9/h1-4,6,13-15H,5H2. The molecule has 0 aromatic heterocycles. The molecule has 1 aromatic rings. The number of benzene rings is 1. The van der Waals surface area contributed by atoms with Crippen LogP contribution in [0.4, 0.5) is 5.69 Å². The Labute approximate surface area is 93.0 Å². The fourth-order valence-electron chi connectivity index (χ4n) is 2.07. The van der Waals surface area contributed by atoms with E-state index in [9.17, 15) is 10.0 Å². The molecule has 1 aromatic carbocycles. The highest BCUT2D eigenvalue weighted by molar-refractivity contribution is 6.55. The van der Waals surface area contributed by atoms with Crippen LogP contribution in [0.25, 0.3) is 5.57 Å². The first kappa shape index (κ1) is 9.51. The molecule has 2 aliphatic heterocycles. The number of ether oxygens (including phenoxy) is 1. The Kier molecular flexibility index (Phi) is 2.02. The summed E-state index contributed by atoms with van der Waals surface area (Å²) in [4.78, 5) is 0. The molecule has 0 radical (unpaired) electrons. The van der Waals surface area contributed by atoms with Crippen LogP contribution in [0.5, 0.6) is 5.75 Å². The maximum atomic E-state index is 9.27. The highest BCUT2D eigenvalue weighted by atomic mass is 16.5. The van der Waals surface area contributed by atoms with E-state index in [4.69, 9.17) is 4.74 Å². The van der Waals surface area contributed by atoms with Gasteiger partial charge in [-0.3, -0.25) is 0 Å². The summed E-state index contributed by atoms with van der Waals surface area (Å²) < 4.78 is 5.38. The van der Waals surface area contributed by atoms with Crippen molar-refractivity contribution < 1.29 is 14.8 Å². The third-order valence-electron chi connectivity index (χ3n) is 2.80. The van der Waals surface area contributed by atoms with E-state index in [-0.39, 0.29) is 0 Å². The molecule has 0 unspecified atom stereocenters. The van der Waals surface area contributed by atoms with E-state index in [0.717, 1.165) is 22.6 Å². The van der Waals surface area contributed by atoms with Crippen molar-refractivity contribution in [1.29, 1.82) is 0 Å². The van der Waals surface area contributed by atoms with E-state index >= 15 is 0 Å². The number of rotatable bonds is 1. The van der Waals surface area contributed by atoms with E-state index in [0.29, 0.717) is 12.0 Å². The summed E-state index contributed by atoms with van der Waals surface area (Å²) in [7, 11) is -1.51. The second-order valence-electron chi connectivity index (χ2n) is 3.74. The zero-order valence-electron chi connectivity index (χ0n) is 8.47. The first-order chi connectivity index (χ1) is 7.77. The lowest BCUT2D eigenvalue weighted by Crippen LogP contribution is -2.23. The molecular formula is C11H10BNO3. The Morgan fingerprint density at radius 3 is 3.00 bits per heavy atom. The number of hydrogen-bond donors (Lipinski definition) is 3. The molecule has 3 rings (SSSR count). The van der Waals surface area contributed by atoms with E-state index in [1.54, 1.807) is 0 Å². The Hall–Kier alpha value is -1.72. The van der Waals surface area contributed by atoms with Gasteiger partial charge in [-0.1, -0.05) is 12.1 Å². The van der Waals surface area contributed by atoms with Crippen LogP contribution in [0.15, 0.2) is 36.0 Å². The Morgan fingerprint density at radius 1 is 1.31 bits per heavy atom. The highest BCUT2D eigenvalue weighted by Crippen LogP contribution is 2.42. The van der Waals surface area contributed by atoms with E-state index in [2.05, 4.69) is 5.32 Å². The van der Waals surface area contributed by atoms with Crippen LogP contribution in [0.3, 0.4) is 0 Å². The fraction of sp³-hybridized carbons (Fsp3) is 0.0909. The van der Waals surface area contributed by atoms with Gasteiger partial charge in [0.2, 0.25) is 0 Å². The summed E-state index contributed by atoms with van der Waals surface area (Å²) in [6.07, 6.45) is 3.33. The van der Waals surface area contributed by atoms with Crippen molar-refractivity contribution in [2.24, 2.45) is 0 Å². The van der Waals surface area contributed by atoms with Crippen molar-refractivity contribution in [2.45, 2.75) is 0 Å². The monoisotopic (exact) mass is 215 g/mol. The Morgan fingerprint density at radius 2 is 2.19 bits per heavy atom. The van der Waals surface area contributed by atoms with Gasteiger partial charge in [0.1, 0.15) is 5.75 Å². The molecule has 2 aliphatic rings. The SMILES string of the molecule is OB(O)C1=COc2cccc3c2C1=CCN3. The summed E-state index contributed by atoms with van der Waals surface area (Å²) in [5, 5.41) is 21.7. The van der Waals surface area contributed by atoms with Crippen molar-refractivity contribution >= 4 is 18.4 Å². The first-order valence-electron chi connectivity index (χ1n) is 5.08. The number of anilines is 1. The smallest absolute Gasteiger partial charge is 0.465 e. The maximum Gasteiger partial charge on any atom is 0.492 e. The van der Waals surface area contributed by atoms with Gasteiger partial charge in [-0.2, -0.15) is 0 Å². The van der Waals surface area contributed by atoms with Gasteiger partial charge in [0.15, 0.2) is 0 Å². The summed E-state index contributed by atoms with van der Waals surface area (Å²) >= 11 is 0. The minimum absolute atomic E-state index is 0.404. The lowest BCUT2D eigenvalue weighted by molar-refractivity contribution is 0.413. The third kappa shape index (κ3) is 1.26. The molecular weight excluding hydrogens is 205 g/mol. The molecule has 0 saturated carbocycles. The minimum Gasteiger partial charge on any atom is -0.465 e. The molecule has 0 fully saturated rings. The van der Waals surface area contributed by atoms with E-state index < -0.39 is 7.12 Å². The molecule has 5 heteroatoms. The lowest BCUT2D eigenvalue weighted by atomic mass is 9.72. The van der Waals surface area contributed by atoms with Gasteiger partial charge < -0.3 is 20.1 Å². The number of nitrogens with one attached hydrogen (secondary N) is 1. The van der Waals surface area contributed by atoms with Crippen molar-refractivity contribution in [2.75, 3.05) is 11.9 Å². The van der Waals surface area contributed by atoms with Gasteiger partial charge in [0.05, 0.1) is 6.26 Å². The van der Waals surface area contributed by atoms with Crippen molar-refractivity contribution in [3.8, 4) is 5.75 Å². The van der Waals surface area contributed by atoms with Crippen molar-refractivity contribution in [3.63, 3.8) is 0 Å². The summed E-state index contributed by atoms with van der Waals surface area (Å²) in [6.45, 7) is 0.676. The molecule has 0 aliphatic carbocycles. The predicted octanol–water partition coefficient (Wildman–Crippen LogP) is 0.784. The average Bonchev–Trinajstić information content (AvgIpc) is 2.30. The zero-order valence-corrected chi connectivity index (χ0v) is 8.47. The quantitative estimate of drug-likeness (QED) is 0.606. The van der Waals surface area contributed by atoms with Crippen LogP contribution in [-0.4, -0.2) is 23.7 Å². The van der Waals surface area contributed by atoms with Crippen LogP contribution in [0, 0.1) is 0 Å². The van der Waals surface area contributed by atoms with E-state index in [1.807, 2.05) is 24.3 Å². The molecule has 0 atom stereocenters. The number of allylic oxidation sites excluding steroid dienone is 2. The van der Waals surface area contributed by atoms with Gasteiger partial charge in [0.25, 0.3) is 0 Å². The molecule has 0 spiro atoms. The molecule has 0 amide bonds. The maximum absolute atomic E-state index is 9.27. The molecule has 16 heavy (non-hydrogen) atoms. The van der Waals surface area contributed by atoms with Crippen molar-refractivity contribution in [1.82, 2.24) is 0 Å². The predicted molar refractivity (Wildman–Crippen MR) is 61.8 cm³/mol. The molecule has 80 valence electrons. The van der Waals surface area contributed by atoms with Crippen LogP contribution in [-0.2, 0) is 0 Å². The van der Waals surface area contributed by atoms with Gasteiger partial charge in [0, 0.05) is 23.3 Å². The third-order valence-corrected chi connectivity index (χ3v) is 2.80. The highest BCUT2D eigenvalue weighted by Gasteiger charge is 2.29. The average molecular weight is 215 g/mol. The molecule has 2 heterocycles. The second-order valence-corrected chi connectivity index (χ2v) is 3.74. The van der Waals surface area contributed by atoms with Gasteiger partial charge in [-0.25, -0.2) is 0 Å². The summed E-state index contributed by atoms with van der Waals surface area (Å²) in [5.74, 6) is 0.736. The molecule has 3 N–H and O–H groups in total. The second kappa shape index (κ2) is 3.40. The Bertz CT molecular complexity index is 508. The minimum atomic E-state index is -1.51. The molecule has 4 nitrogen and oxygen atoms in total. The van der Waals surface area contributed by atoms with Gasteiger partial charge in [-0.15, -0.1) is 0 Å². The Balaban J connectivity index is 2.20. The van der Waals surface area contributed by atoms with Crippen LogP contribution < -0.4 is 10.1 Å². The summed E-state index contributed by atoms with van der Waals surface area (Å²) in [6, 6.07) is 5.71. The zero-order chi connectivity index (χ0) is 11.1.